The minimum atomic E-state index is -0.629. The summed E-state index contributed by atoms with van der Waals surface area (Å²) >= 11 is 0. The maximum absolute atomic E-state index is 11.7. The first-order valence-corrected chi connectivity index (χ1v) is 5.17. The minimum absolute atomic E-state index is 0. The molecule has 1 rings (SSSR count). The number of amides is 1. The molecule has 0 saturated carbocycles. The molecule has 1 aromatic rings. The van der Waals surface area contributed by atoms with E-state index in [1.807, 2.05) is 13.8 Å². The molecule has 0 aliphatic rings. The van der Waals surface area contributed by atoms with Crippen molar-refractivity contribution in [2.75, 3.05) is 19.0 Å². The Balaban J connectivity index is 0.00000256. The van der Waals surface area contributed by atoms with E-state index in [9.17, 15) is 4.79 Å². The fourth-order valence-corrected chi connectivity index (χ4v) is 1.34. The zero-order chi connectivity index (χ0) is 12.1. The topological polar surface area (TPSA) is 82.2 Å². The van der Waals surface area contributed by atoms with Crippen molar-refractivity contribution in [3.8, 4) is 0 Å². The van der Waals surface area contributed by atoms with Crippen LogP contribution in [0.3, 0.4) is 0 Å². The molecular formula is C10H19ClN4O2. The van der Waals surface area contributed by atoms with Gasteiger partial charge in [-0.25, -0.2) is 4.68 Å². The molecule has 1 heterocycles. The SMILES string of the molecule is COC(CN)C(=O)Nc1ccnn1C(C)C.Cl. The number of rotatable bonds is 5. The van der Waals surface area contributed by atoms with Crippen LogP contribution in [0.5, 0.6) is 0 Å². The largest absolute Gasteiger partial charge is 0.370 e. The van der Waals surface area contributed by atoms with Crippen LogP contribution < -0.4 is 11.1 Å². The summed E-state index contributed by atoms with van der Waals surface area (Å²) in [6.45, 7) is 4.12. The van der Waals surface area contributed by atoms with E-state index < -0.39 is 6.10 Å². The van der Waals surface area contributed by atoms with Gasteiger partial charge in [0, 0.05) is 25.8 Å². The number of halogens is 1. The summed E-state index contributed by atoms with van der Waals surface area (Å²) in [5.41, 5.74) is 5.40. The Bertz CT molecular complexity index is 350. The monoisotopic (exact) mass is 262 g/mol. The molecule has 1 amide bonds. The molecule has 0 spiro atoms. The molecule has 0 aromatic carbocycles. The van der Waals surface area contributed by atoms with E-state index in [4.69, 9.17) is 10.5 Å². The average molecular weight is 263 g/mol. The van der Waals surface area contributed by atoms with Gasteiger partial charge in [0.1, 0.15) is 11.9 Å². The molecule has 1 unspecified atom stereocenters. The predicted octanol–water partition coefficient (Wildman–Crippen LogP) is 0.798. The van der Waals surface area contributed by atoms with Gasteiger partial charge in [-0.2, -0.15) is 5.10 Å². The summed E-state index contributed by atoms with van der Waals surface area (Å²) in [6, 6.07) is 1.92. The zero-order valence-electron chi connectivity index (χ0n) is 10.2. The summed E-state index contributed by atoms with van der Waals surface area (Å²) in [4.78, 5) is 11.7. The Kier molecular flexibility index (Phi) is 6.79. The number of ether oxygens (including phenoxy) is 1. The molecule has 0 radical (unpaired) electrons. The van der Waals surface area contributed by atoms with Crippen molar-refractivity contribution in [3.63, 3.8) is 0 Å². The van der Waals surface area contributed by atoms with Crippen molar-refractivity contribution in [2.45, 2.75) is 26.0 Å². The van der Waals surface area contributed by atoms with Crippen molar-refractivity contribution in [1.29, 1.82) is 0 Å². The molecule has 1 atom stereocenters. The maximum Gasteiger partial charge on any atom is 0.255 e. The first-order chi connectivity index (χ1) is 7.60. The van der Waals surface area contributed by atoms with E-state index >= 15 is 0 Å². The lowest BCUT2D eigenvalue weighted by Crippen LogP contribution is -2.36. The highest BCUT2D eigenvalue weighted by atomic mass is 35.5. The van der Waals surface area contributed by atoms with Gasteiger partial charge in [0.05, 0.1) is 6.20 Å². The number of carbonyl (C=O) groups is 1. The van der Waals surface area contributed by atoms with Crippen LogP contribution in [0.25, 0.3) is 0 Å². The van der Waals surface area contributed by atoms with Gasteiger partial charge in [0.2, 0.25) is 0 Å². The molecule has 6 nitrogen and oxygen atoms in total. The number of nitrogens with one attached hydrogen (secondary N) is 1. The Morgan fingerprint density at radius 3 is 2.76 bits per heavy atom. The molecule has 0 fully saturated rings. The van der Waals surface area contributed by atoms with Crippen LogP contribution in [-0.2, 0) is 9.53 Å². The first kappa shape index (κ1) is 15.9. The van der Waals surface area contributed by atoms with Gasteiger partial charge in [0.15, 0.2) is 0 Å². The Morgan fingerprint density at radius 2 is 2.29 bits per heavy atom. The number of hydrogen-bond acceptors (Lipinski definition) is 4. The van der Waals surface area contributed by atoms with Crippen LogP contribution in [0.1, 0.15) is 19.9 Å². The first-order valence-electron chi connectivity index (χ1n) is 5.17. The summed E-state index contributed by atoms with van der Waals surface area (Å²) in [5.74, 6) is 0.392. The molecule has 98 valence electrons. The number of hydrogen-bond donors (Lipinski definition) is 2. The standard InChI is InChI=1S/C10H18N4O2.ClH/c1-7(2)14-9(4-5-12-14)13-10(15)8(6-11)16-3;/h4-5,7-8H,6,11H2,1-3H3,(H,13,15);1H. The number of aromatic nitrogens is 2. The lowest BCUT2D eigenvalue weighted by molar-refractivity contribution is -0.125. The van der Waals surface area contributed by atoms with Crippen LogP contribution in [-0.4, -0.2) is 35.4 Å². The third-order valence-corrected chi connectivity index (χ3v) is 2.20. The maximum atomic E-state index is 11.7. The molecule has 17 heavy (non-hydrogen) atoms. The normalized spacial score (nSPS) is 12.1. The zero-order valence-corrected chi connectivity index (χ0v) is 11.0. The number of methoxy groups -OCH3 is 1. The van der Waals surface area contributed by atoms with E-state index in [2.05, 4.69) is 10.4 Å². The van der Waals surface area contributed by atoms with E-state index in [-0.39, 0.29) is 30.9 Å². The Morgan fingerprint density at radius 1 is 1.65 bits per heavy atom. The lowest BCUT2D eigenvalue weighted by Gasteiger charge is -2.15. The average Bonchev–Trinajstić information content (AvgIpc) is 2.67. The van der Waals surface area contributed by atoms with Crippen LogP contribution in [0.4, 0.5) is 5.82 Å². The van der Waals surface area contributed by atoms with Gasteiger partial charge in [0.25, 0.3) is 5.91 Å². The van der Waals surface area contributed by atoms with Gasteiger partial charge in [-0.05, 0) is 13.8 Å². The smallest absolute Gasteiger partial charge is 0.255 e. The van der Waals surface area contributed by atoms with E-state index in [0.29, 0.717) is 5.82 Å². The van der Waals surface area contributed by atoms with E-state index in [1.54, 1.807) is 16.9 Å². The fraction of sp³-hybridized carbons (Fsp3) is 0.600. The molecule has 7 heteroatoms. The second-order valence-electron chi connectivity index (χ2n) is 3.70. The highest BCUT2D eigenvalue weighted by Crippen LogP contribution is 2.13. The molecule has 0 aliphatic heterocycles. The van der Waals surface area contributed by atoms with Crippen molar-refractivity contribution in [2.24, 2.45) is 5.73 Å². The van der Waals surface area contributed by atoms with Crippen molar-refractivity contribution in [1.82, 2.24) is 9.78 Å². The Labute approximate surface area is 107 Å². The van der Waals surface area contributed by atoms with Crippen LogP contribution in [0, 0.1) is 0 Å². The third kappa shape index (κ3) is 3.99. The highest BCUT2D eigenvalue weighted by Gasteiger charge is 2.17. The predicted molar refractivity (Wildman–Crippen MR) is 68.3 cm³/mol. The summed E-state index contributed by atoms with van der Waals surface area (Å²) < 4.78 is 6.67. The molecule has 3 N–H and O–H groups in total. The van der Waals surface area contributed by atoms with Crippen molar-refractivity contribution >= 4 is 24.1 Å². The van der Waals surface area contributed by atoms with Crippen LogP contribution in [0.2, 0.25) is 0 Å². The summed E-state index contributed by atoms with van der Waals surface area (Å²) in [6.07, 6.45) is 1.01. The number of nitrogens with two attached hydrogens (primary N) is 1. The molecule has 0 bridgehead atoms. The fourth-order valence-electron chi connectivity index (χ4n) is 1.34. The number of anilines is 1. The molecule has 0 aliphatic carbocycles. The van der Waals surface area contributed by atoms with Gasteiger partial charge in [-0.1, -0.05) is 0 Å². The quantitative estimate of drug-likeness (QED) is 0.822. The van der Waals surface area contributed by atoms with Gasteiger partial charge in [-0.15, -0.1) is 12.4 Å². The summed E-state index contributed by atoms with van der Waals surface area (Å²) in [5, 5.41) is 6.84. The summed E-state index contributed by atoms with van der Waals surface area (Å²) in [7, 11) is 1.46. The molecule has 1 aromatic heterocycles. The second kappa shape index (κ2) is 7.26. The van der Waals surface area contributed by atoms with E-state index in [0.717, 1.165) is 0 Å². The minimum Gasteiger partial charge on any atom is -0.370 e. The van der Waals surface area contributed by atoms with Gasteiger partial charge in [-0.3, -0.25) is 4.79 Å². The van der Waals surface area contributed by atoms with Crippen molar-refractivity contribution in [3.05, 3.63) is 12.3 Å². The number of carbonyl (C=O) groups excluding carboxylic acids is 1. The Hall–Kier alpha value is -1.11. The second-order valence-corrected chi connectivity index (χ2v) is 3.70. The highest BCUT2D eigenvalue weighted by molar-refractivity contribution is 5.93. The van der Waals surface area contributed by atoms with Crippen LogP contribution >= 0.6 is 12.4 Å². The lowest BCUT2D eigenvalue weighted by atomic mass is 10.3. The molecular weight excluding hydrogens is 244 g/mol. The van der Waals surface area contributed by atoms with E-state index in [1.165, 1.54) is 7.11 Å². The third-order valence-electron chi connectivity index (χ3n) is 2.20. The van der Waals surface area contributed by atoms with Crippen molar-refractivity contribution < 1.29 is 9.53 Å². The van der Waals surface area contributed by atoms with Gasteiger partial charge >= 0.3 is 0 Å². The molecule has 0 saturated heterocycles. The number of nitrogens with zero attached hydrogens (tertiary/aromatic N) is 2. The van der Waals surface area contributed by atoms with Gasteiger partial charge < -0.3 is 15.8 Å². The van der Waals surface area contributed by atoms with Crippen LogP contribution in [0.15, 0.2) is 12.3 Å².